The molecule has 1 aliphatic carbocycles. The number of hydrogen-bond donors (Lipinski definition) is 1. The lowest BCUT2D eigenvalue weighted by atomic mass is 9.94. The average molecular weight is 358 g/mol. The first-order valence-corrected chi connectivity index (χ1v) is 8.07. The van der Waals surface area contributed by atoms with Crippen molar-refractivity contribution in [3.8, 4) is 5.69 Å². The summed E-state index contributed by atoms with van der Waals surface area (Å²) in [5.41, 5.74) is 0.240. The van der Waals surface area contributed by atoms with E-state index in [4.69, 9.17) is 11.6 Å². The molecule has 0 atom stereocenters. The van der Waals surface area contributed by atoms with Crippen molar-refractivity contribution < 1.29 is 9.18 Å². The summed E-state index contributed by atoms with van der Waals surface area (Å²) in [4.78, 5) is 12.7. The van der Waals surface area contributed by atoms with Gasteiger partial charge in [-0.05, 0) is 18.9 Å². The first-order chi connectivity index (χ1) is 12.1. The largest absolute Gasteiger partial charge is 0.308 e. The molecule has 1 aromatic carbocycles. The molecular formula is C17H13ClFN5O. The Kier molecular flexibility index (Phi) is 3.73. The van der Waals surface area contributed by atoms with Crippen molar-refractivity contribution in [2.24, 2.45) is 0 Å². The summed E-state index contributed by atoms with van der Waals surface area (Å²) in [6.07, 6.45) is 4.41. The number of rotatable bonds is 4. The highest BCUT2D eigenvalue weighted by Gasteiger charge is 2.52. The molecule has 0 spiro atoms. The van der Waals surface area contributed by atoms with Crippen LogP contribution in [0.4, 0.5) is 10.2 Å². The van der Waals surface area contributed by atoms with E-state index in [0.717, 1.165) is 0 Å². The molecular weight excluding hydrogens is 345 g/mol. The van der Waals surface area contributed by atoms with E-state index in [-0.39, 0.29) is 16.9 Å². The van der Waals surface area contributed by atoms with Crippen LogP contribution in [0.25, 0.3) is 5.69 Å². The van der Waals surface area contributed by atoms with Gasteiger partial charge in [0, 0.05) is 23.9 Å². The van der Waals surface area contributed by atoms with Crippen LogP contribution in [0.1, 0.15) is 18.4 Å². The first-order valence-electron chi connectivity index (χ1n) is 7.69. The summed E-state index contributed by atoms with van der Waals surface area (Å²) < 4.78 is 15.6. The zero-order chi connectivity index (χ0) is 17.4. The lowest BCUT2D eigenvalue weighted by Crippen LogP contribution is -2.29. The fourth-order valence-corrected chi connectivity index (χ4v) is 2.98. The minimum Gasteiger partial charge on any atom is -0.308 e. The molecule has 1 aliphatic rings. The number of aromatic nitrogens is 4. The summed E-state index contributed by atoms with van der Waals surface area (Å²) in [6.45, 7) is 0. The first kappa shape index (κ1) is 15.7. The standard InChI is InChI=1S/C17H13ClFN5O/c18-14-9-11(10-20-22-14)24-8-5-15(23-24)21-16(25)17(6-7-17)12-3-1-2-4-13(12)19/h1-5,8-10H,6-7H2,(H,21,23,25). The molecule has 2 aromatic heterocycles. The Morgan fingerprint density at radius 1 is 1.28 bits per heavy atom. The van der Waals surface area contributed by atoms with Gasteiger partial charge in [-0.15, -0.1) is 10.2 Å². The Labute approximate surface area is 147 Å². The summed E-state index contributed by atoms with van der Waals surface area (Å²) in [5.74, 6) is -0.243. The topological polar surface area (TPSA) is 72.7 Å². The van der Waals surface area contributed by atoms with E-state index in [1.165, 1.54) is 16.9 Å². The van der Waals surface area contributed by atoms with Crippen molar-refractivity contribution in [3.05, 3.63) is 65.3 Å². The molecule has 1 fully saturated rings. The van der Waals surface area contributed by atoms with Crippen LogP contribution in [0.3, 0.4) is 0 Å². The minimum absolute atomic E-state index is 0.245. The van der Waals surface area contributed by atoms with Gasteiger partial charge in [0.05, 0.1) is 17.3 Å². The van der Waals surface area contributed by atoms with Crippen LogP contribution >= 0.6 is 11.6 Å². The fourth-order valence-electron chi connectivity index (χ4n) is 2.82. The molecule has 1 amide bonds. The Bertz CT molecular complexity index is 953. The van der Waals surface area contributed by atoms with Gasteiger partial charge in [0.1, 0.15) is 5.82 Å². The molecule has 25 heavy (non-hydrogen) atoms. The van der Waals surface area contributed by atoms with Crippen molar-refractivity contribution in [1.29, 1.82) is 0 Å². The van der Waals surface area contributed by atoms with Crippen LogP contribution in [-0.4, -0.2) is 25.9 Å². The number of amides is 1. The van der Waals surface area contributed by atoms with E-state index in [0.29, 0.717) is 29.9 Å². The Morgan fingerprint density at radius 3 is 2.80 bits per heavy atom. The molecule has 1 N–H and O–H groups in total. The smallest absolute Gasteiger partial charge is 0.236 e. The number of carbonyl (C=O) groups is 1. The number of nitrogens with one attached hydrogen (secondary N) is 1. The van der Waals surface area contributed by atoms with E-state index in [2.05, 4.69) is 20.6 Å². The quantitative estimate of drug-likeness (QED) is 0.778. The maximum atomic E-state index is 14.1. The monoisotopic (exact) mass is 357 g/mol. The Morgan fingerprint density at radius 2 is 2.08 bits per heavy atom. The number of anilines is 1. The second kappa shape index (κ2) is 5.93. The molecule has 2 heterocycles. The van der Waals surface area contributed by atoms with Crippen molar-refractivity contribution in [2.45, 2.75) is 18.3 Å². The highest BCUT2D eigenvalue weighted by molar-refractivity contribution is 6.29. The predicted molar refractivity (Wildman–Crippen MR) is 90.1 cm³/mol. The second-order valence-corrected chi connectivity index (χ2v) is 6.29. The molecule has 6 nitrogen and oxygen atoms in total. The highest BCUT2D eigenvalue weighted by atomic mass is 35.5. The van der Waals surface area contributed by atoms with Gasteiger partial charge < -0.3 is 5.32 Å². The van der Waals surface area contributed by atoms with Gasteiger partial charge >= 0.3 is 0 Å². The maximum Gasteiger partial charge on any atom is 0.236 e. The van der Waals surface area contributed by atoms with Crippen molar-refractivity contribution in [3.63, 3.8) is 0 Å². The molecule has 126 valence electrons. The number of halogens is 2. The van der Waals surface area contributed by atoms with Crippen LogP contribution in [0.2, 0.25) is 5.15 Å². The van der Waals surface area contributed by atoms with Crippen LogP contribution < -0.4 is 5.32 Å². The molecule has 0 unspecified atom stereocenters. The molecule has 0 saturated heterocycles. The summed E-state index contributed by atoms with van der Waals surface area (Å²) in [6, 6.07) is 9.64. The molecule has 1 saturated carbocycles. The van der Waals surface area contributed by atoms with Gasteiger partial charge in [0.25, 0.3) is 0 Å². The minimum atomic E-state index is -0.809. The van der Waals surface area contributed by atoms with E-state index < -0.39 is 5.41 Å². The Balaban J connectivity index is 1.55. The van der Waals surface area contributed by atoms with Gasteiger partial charge in [-0.1, -0.05) is 29.8 Å². The van der Waals surface area contributed by atoms with Gasteiger partial charge in [0.2, 0.25) is 5.91 Å². The average Bonchev–Trinajstić information content (AvgIpc) is 3.28. The molecule has 0 aliphatic heterocycles. The SMILES string of the molecule is O=C(Nc1ccn(-c2cnnc(Cl)c2)n1)C1(c2ccccc2F)CC1. The molecule has 3 aromatic rings. The molecule has 4 rings (SSSR count). The third-order valence-electron chi connectivity index (χ3n) is 4.28. The lowest BCUT2D eigenvalue weighted by Gasteiger charge is -2.15. The maximum absolute atomic E-state index is 14.1. The lowest BCUT2D eigenvalue weighted by molar-refractivity contribution is -0.118. The molecule has 0 radical (unpaired) electrons. The zero-order valence-corrected chi connectivity index (χ0v) is 13.7. The summed E-state index contributed by atoms with van der Waals surface area (Å²) in [7, 11) is 0. The van der Waals surface area contributed by atoms with Crippen LogP contribution in [0.15, 0.2) is 48.8 Å². The number of hydrogen-bond acceptors (Lipinski definition) is 4. The normalized spacial score (nSPS) is 15.0. The predicted octanol–water partition coefficient (Wildman–Crippen LogP) is 3.13. The van der Waals surface area contributed by atoms with E-state index in [1.807, 2.05) is 0 Å². The third-order valence-corrected chi connectivity index (χ3v) is 4.46. The summed E-state index contributed by atoms with van der Waals surface area (Å²) >= 11 is 5.82. The van der Waals surface area contributed by atoms with Gasteiger partial charge in [-0.2, -0.15) is 5.10 Å². The van der Waals surface area contributed by atoms with E-state index in [1.54, 1.807) is 36.5 Å². The number of carbonyl (C=O) groups excluding carboxylic acids is 1. The third kappa shape index (κ3) is 2.87. The van der Waals surface area contributed by atoms with Crippen molar-refractivity contribution >= 4 is 23.3 Å². The van der Waals surface area contributed by atoms with Gasteiger partial charge in [0.15, 0.2) is 11.0 Å². The van der Waals surface area contributed by atoms with E-state index >= 15 is 0 Å². The van der Waals surface area contributed by atoms with Gasteiger partial charge in [-0.3, -0.25) is 4.79 Å². The zero-order valence-electron chi connectivity index (χ0n) is 13.0. The number of nitrogens with zero attached hydrogens (tertiary/aromatic N) is 4. The summed E-state index contributed by atoms with van der Waals surface area (Å²) in [5, 5.41) is 14.7. The van der Waals surface area contributed by atoms with Crippen LogP contribution in [0, 0.1) is 5.82 Å². The molecule has 0 bridgehead atoms. The fraction of sp³-hybridized carbons (Fsp3) is 0.176. The van der Waals surface area contributed by atoms with Crippen LogP contribution in [-0.2, 0) is 10.2 Å². The Hall–Kier alpha value is -2.80. The van der Waals surface area contributed by atoms with Gasteiger partial charge in [-0.25, -0.2) is 9.07 Å². The number of benzene rings is 1. The molecule has 8 heteroatoms. The highest BCUT2D eigenvalue weighted by Crippen LogP contribution is 2.49. The van der Waals surface area contributed by atoms with Crippen LogP contribution in [0.5, 0.6) is 0 Å². The van der Waals surface area contributed by atoms with Crippen molar-refractivity contribution in [1.82, 2.24) is 20.0 Å². The van der Waals surface area contributed by atoms with Crippen molar-refractivity contribution in [2.75, 3.05) is 5.32 Å². The second-order valence-electron chi connectivity index (χ2n) is 5.90. The van der Waals surface area contributed by atoms with E-state index in [9.17, 15) is 9.18 Å².